The molecule has 1 aromatic carbocycles. The zero-order valence-electron chi connectivity index (χ0n) is 12.0. The second kappa shape index (κ2) is 6.05. The van der Waals surface area contributed by atoms with Gasteiger partial charge in [-0.2, -0.15) is 0 Å². The van der Waals surface area contributed by atoms with E-state index < -0.39 is 11.9 Å². The van der Waals surface area contributed by atoms with E-state index >= 15 is 0 Å². The Morgan fingerprint density at radius 1 is 1.35 bits per heavy atom. The maximum absolute atomic E-state index is 12.2. The highest BCUT2D eigenvalue weighted by Gasteiger charge is 2.47. The fourth-order valence-electron chi connectivity index (χ4n) is 2.47. The highest BCUT2D eigenvalue weighted by atomic mass is 16.7. The molecule has 0 unspecified atom stereocenters. The first-order valence-electron chi connectivity index (χ1n) is 6.67. The summed E-state index contributed by atoms with van der Waals surface area (Å²) in [5.41, 5.74) is 2.08. The van der Waals surface area contributed by atoms with E-state index in [2.05, 4.69) is 0 Å². The van der Waals surface area contributed by atoms with Gasteiger partial charge in [0.15, 0.2) is 0 Å². The summed E-state index contributed by atoms with van der Waals surface area (Å²) in [6, 6.07) is 7.83. The zero-order chi connectivity index (χ0) is 14.7. The lowest BCUT2D eigenvalue weighted by Crippen LogP contribution is -2.31. The molecule has 0 N–H and O–H groups in total. The molecule has 2 atom stereocenters. The van der Waals surface area contributed by atoms with Gasteiger partial charge in [-0.1, -0.05) is 29.8 Å². The van der Waals surface area contributed by atoms with E-state index in [1.807, 2.05) is 31.2 Å². The normalized spacial score (nSPS) is 22.1. The number of nitrogens with zero attached hydrogens (tertiary/aromatic N) is 1. The molecule has 0 radical (unpaired) electrons. The molecule has 0 aromatic heterocycles. The topological polar surface area (TPSA) is 55.8 Å². The van der Waals surface area contributed by atoms with Crippen LogP contribution in [0.4, 0.5) is 0 Å². The van der Waals surface area contributed by atoms with Crippen LogP contribution >= 0.6 is 0 Å². The standard InChI is InChI=1S/C15H19NO4/c1-4-20-15(18)13-12(9-16(19-3)14(13)17)11-7-5-10(2)6-8-11/h5-8,12-13H,4,9H2,1-3H3/t12-,13-/m1/s1. The van der Waals surface area contributed by atoms with Crippen molar-refractivity contribution in [3.05, 3.63) is 35.4 Å². The Bertz CT molecular complexity index is 497. The van der Waals surface area contributed by atoms with Crippen LogP contribution in [0, 0.1) is 12.8 Å². The Balaban J connectivity index is 2.30. The predicted octanol–water partition coefficient (Wildman–Crippen LogP) is 1.66. The molecular formula is C15H19NO4. The van der Waals surface area contributed by atoms with Crippen molar-refractivity contribution < 1.29 is 19.2 Å². The average Bonchev–Trinajstić information content (AvgIpc) is 2.77. The van der Waals surface area contributed by atoms with E-state index in [0.29, 0.717) is 6.54 Å². The molecule has 2 rings (SSSR count). The fourth-order valence-corrected chi connectivity index (χ4v) is 2.47. The van der Waals surface area contributed by atoms with E-state index in [4.69, 9.17) is 9.57 Å². The Kier molecular flexibility index (Phi) is 4.39. The second-order valence-corrected chi connectivity index (χ2v) is 4.83. The molecule has 1 aromatic rings. The van der Waals surface area contributed by atoms with Crippen molar-refractivity contribution in [3.8, 4) is 0 Å². The Hall–Kier alpha value is -1.88. The molecule has 1 aliphatic rings. The van der Waals surface area contributed by atoms with Gasteiger partial charge in [0.05, 0.1) is 20.3 Å². The lowest BCUT2D eigenvalue weighted by atomic mass is 9.88. The monoisotopic (exact) mass is 277 g/mol. The van der Waals surface area contributed by atoms with Crippen LogP contribution in [-0.4, -0.2) is 37.2 Å². The Morgan fingerprint density at radius 2 is 2.00 bits per heavy atom. The van der Waals surface area contributed by atoms with Crippen molar-refractivity contribution >= 4 is 11.9 Å². The number of aryl methyl sites for hydroxylation is 1. The number of carbonyl (C=O) groups is 2. The van der Waals surface area contributed by atoms with Gasteiger partial charge in [-0.15, -0.1) is 0 Å². The number of carbonyl (C=O) groups excluding carboxylic acids is 2. The van der Waals surface area contributed by atoms with Crippen LogP contribution in [0.15, 0.2) is 24.3 Å². The maximum Gasteiger partial charge on any atom is 0.319 e. The van der Waals surface area contributed by atoms with Crippen molar-refractivity contribution in [2.75, 3.05) is 20.3 Å². The van der Waals surface area contributed by atoms with Crippen LogP contribution in [0.2, 0.25) is 0 Å². The molecule has 1 saturated heterocycles. The molecule has 0 saturated carbocycles. The van der Waals surface area contributed by atoms with Gasteiger partial charge in [0.2, 0.25) is 0 Å². The molecule has 20 heavy (non-hydrogen) atoms. The van der Waals surface area contributed by atoms with E-state index in [1.165, 1.54) is 12.2 Å². The molecule has 1 amide bonds. The van der Waals surface area contributed by atoms with Crippen molar-refractivity contribution in [1.82, 2.24) is 5.06 Å². The summed E-state index contributed by atoms with van der Waals surface area (Å²) in [5, 5.41) is 1.23. The van der Waals surface area contributed by atoms with E-state index in [9.17, 15) is 9.59 Å². The summed E-state index contributed by atoms with van der Waals surface area (Å²) >= 11 is 0. The maximum atomic E-state index is 12.2. The molecule has 1 fully saturated rings. The number of hydroxylamine groups is 2. The van der Waals surface area contributed by atoms with Crippen LogP contribution in [0.5, 0.6) is 0 Å². The highest BCUT2D eigenvalue weighted by Crippen LogP contribution is 2.34. The van der Waals surface area contributed by atoms with Crippen LogP contribution < -0.4 is 0 Å². The van der Waals surface area contributed by atoms with Crippen LogP contribution in [0.25, 0.3) is 0 Å². The SMILES string of the molecule is CCOC(=O)[C@H]1C(=O)N(OC)C[C@@H]1c1ccc(C)cc1. The third-order valence-corrected chi connectivity index (χ3v) is 3.54. The minimum absolute atomic E-state index is 0.234. The molecule has 1 heterocycles. The number of amides is 1. The molecule has 5 heteroatoms. The van der Waals surface area contributed by atoms with Crippen LogP contribution in [0.3, 0.4) is 0 Å². The minimum atomic E-state index is -0.822. The first-order chi connectivity index (χ1) is 9.58. The number of rotatable bonds is 4. The first-order valence-corrected chi connectivity index (χ1v) is 6.67. The third kappa shape index (κ3) is 2.67. The number of hydrogen-bond donors (Lipinski definition) is 0. The number of hydrogen-bond acceptors (Lipinski definition) is 4. The van der Waals surface area contributed by atoms with Gasteiger partial charge in [0, 0.05) is 5.92 Å². The third-order valence-electron chi connectivity index (χ3n) is 3.54. The molecule has 1 aliphatic heterocycles. The molecule has 0 aliphatic carbocycles. The summed E-state index contributed by atoms with van der Waals surface area (Å²) in [7, 11) is 1.43. The van der Waals surface area contributed by atoms with Crippen LogP contribution in [0.1, 0.15) is 24.0 Å². The zero-order valence-corrected chi connectivity index (χ0v) is 12.0. The summed E-state index contributed by atoms with van der Waals surface area (Å²) in [6.07, 6.45) is 0. The van der Waals surface area contributed by atoms with Crippen molar-refractivity contribution in [2.24, 2.45) is 5.92 Å². The van der Waals surface area contributed by atoms with Gasteiger partial charge in [-0.05, 0) is 19.4 Å². The minimum Gasteiger partial charge on any atom is -0.465 e. The van der Waals surface area contributed by atoms with Gasteiger partial charge in [-0.3, -0.25) is 14.4 Å². The van der Waals surface area contributed by atoms with Gasteiger partial charge < -0.3 is 4.74 Å². The number of ether oxygens (including phenoxy) is 1. The lowest BCUT2D eigenvalue weighted by Gasteiger charge is -2.15. The van der Waals surface area contributed by atoms with Gasteiger partial charge in [0.25, 0.3) is 5.91 Å². The summed E-state index contributed by atoms with van der Waals surface area (Å²) in [4.78, 5) is 29.3. The predicted molar refractivity (Wildman–Crippen MR) is 72.8 cm³/mol. The molecular weight excluding hydrogens is 258 g/mol. The molecule has 108 valence electrons. The highest BCUT2D eigenvalue weighted by molar-refractivity contribution is 6.00. The second-order valence-electron chi connectivity index (χ2n) is 4.83. The summed E-state index contributed by atoms with van der Waals surface area (Å²) in [6.45, 7) is 4.35. The van der Waals surface area contributed by atoms with Crippen molar-refractivity contribution in [2.45, 2.75) is 19.8 Å². The summed E-state index contributed by atoms with van der Waals surface area (Å²) < 4.78 is 5.02. The average molecular weight is 277 g/mol. The number of esters is 1. The smallest absolute Gasteiger partial charge is 0.319 e. The lowest BCUT2D eigenvalue weighted by molar-refractivity contribution is -0.173. The van der Waals surface area contributed by atoms with E-state index in [1.54, 1.807) is 6.92 Å². The van der Waals surface area contributed by atoms with Crippen molar-refractivity contribution in [3.63, 3.8) is 0 Å². The van der Waals surface area contributed by atoms with Crippen LogP contribution in [-0.2, 0) is 19.2 Å². The van der Waals surface area contributed by atoms with Gasteiger partial charge >= 0.3 is 5.97 Å². The van der Waals surface area contributed by atoms with Gasteiger partial charge in [-0.25, -0.2) is 5.06 Å². The first kappa shape index (κ1) is 14.5. The molecule has 0 bridgehead atoms. The molecule has 5 nitrogen and oxygen atoms in total. The van der Waals surface area contributed by atoms with E-state index in [0.717, 1.165) is 11.1 Å². The largest absolute Gasteiger partial charge is 0.465 e. The summed E-state index contributed by atoms with van der Waals surface area (Å²) in [5.74, 6) is -1.88. The Morgan fingerprint density at radius 3 is 2.55 bits per heavy atom. The quantitative estimate of drug-likeness (QED) is 0.620. The fraction of sp³-hybridized carbons (Fsp3) is 0.467. The Labute approximate surface area is 118 Å². The van der Waals surface area contributed by atoms with Gasteiger partial charge in [0.1, 0.15) is 5.92 Å². The van der Waals surface area contributed by atoms with Crippen molar-refractivity contribution in [1.29, 1.82) is 0 Å². The number of benzene rings is 1. The molecule has 0 spiro atoms. The van der Waals surface area contributed by atoms with E-state index in [-0.39, 0.29) is 18.4 Å².